The van der Waals surface area contributed by atoms with E-state index in [-0.39, 0.29) is 0 Å². The van der Waals surface area contributed by atoms with E-state index in [4.69, 9.17) is 0 Å². The summed E-state index contributed by atoms with van der Waals surface area (Å²) in [5.41, 5.74) is 0.632. The second-order valence-electron chi connectivity index (χ2n) is 5.45. The molecule has 0 spiro atoms. The third-order valence-electron chi connectivity index (χ3n) is 3.93. The molecule has 13 heavy (non-hydrogen) atoms. The fraction of sp³-hybridized carbons (Fsp3) is 1.00. The zero-order valence-corrected chi connectivity index (χ0v) is 9.18. The van der Waals surface area contributed by atoms with E-state index in [0.29, 0.717) is 5.41 Å². The Labute approximate surface area is 82.5 Å². The molecule has 0 radical (unpaired) electrons. The van der Waals surface area contributed by atoms with Crippen LogP contribution in [0.15, 0.2) is 0 Å². The Kier molecular flexibility index (Phi) is 2.64. The quantitative estimate of drug-likeness (QED) is 0.647. The maximum atomic E-state index is 2.71. The van der Waals surface area contributed by atoms with Crippen molar-refractivity contribution in [1.82, 2.24) is 4.90 Å². The highest BCUT2D eigenvalue weighted by molar-refractivity contribution is 4.85. The van der Waals surface area contributed by atoms with Crippen molar-refractivity contribution in [3.05, 3.63) is 0 Å². The third kappa shape index (κ3) is 2.46. The highest BCUT2D eigenvalue weighted by Gasteiger charge is 2.32. The van der Waals surface area contributed by atoms with Gasteiger partial charge < -0.3 is 4.90 Å². The summed E-state index contributed by atoms with van der Waals surface area (Å²) in [5.74, 6) is 1.07. The van der Waals surface area contributed by atoms with Gasteiger partial charge in [0.25, 0.3) is 0 Å². The van der Waals surface area contributed by atoms with Gasteiger partial charge in [-0.1, -0.05) is 13.8 Å². The van der Waals surface area contributed by atoms with Crippen LogP contribution in [0.25, 0.3) is 0 Å². The van der Waals surface area contributed by atoms with E-state index in [2.05, 4.69) is 18.7 Å². The number of nitrogens with zero attached hydrogens (tertiary/aromatic N) is 1. The van der Waals surface area contributed by atoms with E-state index < -0.39 is 0 Å². The predicted octanol–water partition coefficient (Wildman–Crippen LogP) is 2.91. The summed E-state index contributed by atoms with van der Waals surface area (Å²) in [6.07, 6.45) is 7.23. The molecule has 1 heteroatoms. The molecule has 1 aliphatic heterocycles. The first-order valence-electron chi connectivity index (χ1n) is 5.94. The van der Waals surface area contributed by atoms with Gasteiger partial charge in [0.05, 0.1) is 0 Å². The zero-order chi connectivity index (χ0) is 9.31. The van der Waals surface area contributed by atoms with E-state index in [9.17, 15) is 0 Å². The van der Waals surface area contributed by atoms with Gasteiger partial charge in [-0.05, 0) is 50.0 Å². The molecule has 0 amide bonds. The Morgan fingerprint density at radius 1 is 1.38 bits per heavy atom. The van der Waals surface area contributed by atoms with Crippen molar-refractivity contribution in [2.24, 2.45) is 11.3 Å². The molecular formula is C12H23N. The molecule has 1 atom stereocenters. The molecular weight excluding hydrogens is 158 g/mol. The van der Waals surface area contributed by atoms with Crippen molar-refractivity contribution < 1.29 is 0 Å². The van der Waals surface area contributed by atoms with Crippen LogP contribution in [-0.2, 0) is 0 Å². The van der Waals surface area contributed by atoms with Crippen LogP contribution in [0, 0.1) is 11.3 Å². The van der Waals surface area contributed by atoms with E-state index in [1.54, 1.807) is 0 Å². The van der Waals surface area contributed by atoms with E-state index in [1.807, 2.05) is 0 Å². The Bertz CT molecular complexity index is 174. The first-order valence-corrected chi connectivity index (χ1v) is 5.94. The second-order valence-corrected chi connectivity index (χ2v) is 5.45. The molecule has 0 aromatic rings. The monoisotopic (exact) mass is 181 g/mol. The van der Waals surface area contributed by atoms with Crippen molar-refractivity contribution in [2.75, 3.05) is 19.6 Å². The average molecular weight is 181 g/mol. The van der Waals surface area contributed by atoms with Crippen LogP contribution in [0.2, 0.25) is 0 Å². The van der Waals surface area contributed by atoms with Gasteiger partial charge in [0.2, 0.25) is 0 Å². The molecule has 0 N–H and O–H groups in total. The SMILES string of the molecule is CC[C@@]1(C)CCCN(CC2CC2)C1. The maximum absolute atomic E-state index is 2.71. The van der Waals surface area contributed by atoms with Crippen molar-refractivity contribution in [2.45, 2.75) is 46.0 Å². The molecule has 1 nitrogen and oxygen atoms in total. The highest BCUT2D eigenvalue weighted by Crippen LogP contribution is 2.36. The summed E-state index contributed by atoms with van der Waals surface area (Å²) < 4.78 is 0. The first kappa shape index (κ1) is 9.51. The summed E-state index contributed by atoms with van der Waals surface area (Å²) >= 11 is 0. The third-order valence-corrected chi connectivity index (χ3v) is 3.93. The van der Waals surface area contributed by atoms with E-state index >= 15 is 0 Å². The topological polar surface area (TPSA) is 3.24 Å². The molecule has 2 fully saturated rings. The van der Waals surface area contributed by atoms with E-state index in [1.165, 1.54) is 51.7 Å². The van der Waals surface area contributed by atoms with Crippen LogP contribution in [0.3, 0.4) is 0 Å². The smallest absolute Gasteiger partial charge is 0.00353 e. The number of likely N-dealkylation sites (tertiary alicyclic amines) is 1. The second kappa shape index (κ2) is 3.61. The standard InChI is InChI=1S/C12H23N/c1-3-12(2)7-4-8-13(10-12)9-11-5-6-11/h11H,3-10H2,1-2H3/t12-/m0/s1. The summed E-state index contributed by atoms with van der Waals surface area (Å²) in [6, 6.07) is 0. The lowest BCUT2D eigenvalue weighted by atomic mass is 9.79. The van der Waals surface area contributed by atoms with Crippen LogP contribution < -0.4 is 0 Å². The van der Waals surface area contributed by atoms with Crippen molar-refractivity contribution in [1.29, 1.82) is 0 Å². The molecule has 0 unspecified atom stereocenters. The lowest BCUT2D eigenvalue weighted by molar-refractivity contribution is 0.0956. The molecule has 0 aromatic carbocycles. The summed E-state index contributed by atoms with van der Waals surface area (Å²) in [4.78, 5) is 2.71. The molecule has 76 valence electrons. The molecule has 2 aliphatic rings. The minimum atomic E-state index is 0.632. The maximum Gasteiger partial charge on any atom is 0.00353 e. The van der Waals surface area contributed by atoms with Crippen LogP contribution in [-0.4, -0.2) is 24.5 Å². The summed E-state index contributed by atoms with van der Waals surface area (Å²) in [6.45, 7) is 8.94. The van der Waals surface area contributed by atoms with Gasteiger partial charge in [-0.15, -0.1) is 0 Å². The normalized spacial score (nSPS) is 36.5. The Morgan fingerprint density at radius 3 is 2.77 bits per heavy atom. The molecule has 1 saturated carbocycles. The van der Waals surface area contributed by atoms with Crippen molar-refractivity contribution in [3.63, 3.8) is 0 Å². The predicted molar refractivity (Wildman–Crippen MR) is 56.8 cm³/mol. The van der Waals surface area contributed by atoms with Gasteiger partial charge in [-0.25, -0.2) is 0 Å². The van der Waals surface area contributed by atoms with Crippen LogP contribution in [0.1, 0.15) is 46.0 Å². The van der Waals surface area contributed by atoms with Crippen LogP contribution in [0.4, 0.5) is 0 Å². The fourth-order valence-electron chi connectivity index (χ4n) is 2.54. The lowest BCUT2D eigenvalue weighted by Crippen LogP contribution is -2.42. The van der Waals surface area contributed by atoms with Gasteiger partial charge in [0.15, 0.2) is 0 Å². The molecule has 1 aliphatic carbocycles. The summed E-state index contributed by atoms with van der Waals surface area (Å²) in [5, 5.41) is 0. The number of rotatable bonds is 3. The van der Waals surface area contributed by atoms with Crippen molar-refractivity contribution >= 4 is 0 Å². The number of hydrogen-bond acceptors (Lipinski definition) is 1. The Balaban J connectivity index is 1.83. The van der Waals surface area contributed by atoms with Gasteiger partial charge >= 0.3 is 0 Å². The lowest BCUT2D eigenvalue weighted by Gasteiger charge is -2.40. The highest BCUT2D eigenvalue weighted by atomic mass is 15.1. The van der Waals surface area contributed by atoms with Gasteiger partial charge in [0, 0.05) is 13.1 Å². The molecule has 1 heterocycles. The molecule has 0 bridgehead atoms. The largest absolute Gasteiger partial charge is 0.303 e. The minimum Gasteiger partial charge on any atom is -0.303 e. The number of piperidine rings is 1. The van der Waals surface area contributed by atoms with Crippen molar-refractivity contribution in [3.8, 4) is 0 Å². The van der Waals surface area contributed by atoms with Gasteiger partial charge in [0.1, 0.15) is 0 Å². The van der Waals surface area contributed by atoms with E-state index in [0.717, 1.165) is 5.92 Å². The number of hydrogen-bond donors (Lipinski definition) is 0. The Hall–Kier alpha value is -0.0400. The summed E-state index contributed by atoms with van der Waals surface area (Å²) in [7, 11) is 0. The molecule has 2 rings (SSSR count). The average Bonchev–Trinajstić information content (AvgIpc) is 2.89. The minimum absolute atomic E-state index is 0.632. The van der Waals surface area contributed by atoms with Gasteiger partial charge in [-0.3, -0.25) is 0 Å². The zero-order valence-electron chi connectivity index (χ0n) is 9.18. The molecule has 0 aromatic heterocycles. The first-order chi connectivity index (χ1) is 6.22. The Morgan fingerprint density at radius 2 is 2.15 bits per heavy atom. The van der Waals surface area contributed by atoms with Gasteiger partial charge in [-0.2, -0.15) is 0 Å². The molecule has 1 saturated heterocycles. The fourth-order valence-corrected chi connectivity index (χ4v) is 2.54. The van der Waals surface area contributed by atoms with Crippen LogP contribution >= 0.6 is 0 Å². The van der Waals surface area contributed by atoms with Crippen LogP contribution in [0.5, 0.6) is 0 Å².